The minimum atomic E-state index is -0.268. The maximum Gasteiger partial charge on any atom is 0.318 e. The van der Waals surface area contributed by atoms with Crippen LogP contribution in [0.4, 0.5) is 0 Å². The molecule has 0 aliphatic rings. The van der Waals surface area contributed by atoms with Gasteiger partial charge in [-0.3, -0.25) is 4.79 Å². The van der Waals surface area contributed by atoms with E-state index in [9.17, 15) is 4.79 Å². The molecule has 20 heavy (non-hydrogen) atoms. The quantitative estimate of drug-likeness (QED) is 0.608. The predicted molar refractivity (Wildman–Crippen MR) is 79.8 cm³/mol. The summed E-state index contributed by atoms with van der Waals surface area (Å²) in [6.45, 7) is 5.39. The first-order valence-electron chi connectivity index (χ1n) is 6.58. The molecule has 104 valence electrons. The minimum Gasteiger partial charge on any atom is -0.497 e. The Morgan fingerprint density at radius 2 is 1.95 bits per heavy atom. The minimum absolute atomic E-state index is 0.264. The van der Waals surface area contributed by atoms with Crippen LogP contribution in [-0.2, 0) is 9.53 Å². The van der Waals surface area contributed by atoms with Crippen LogP contribution >= 0.6 is 0 Å². The van der Waals surface area contributed by atoms with E-state index in [0.29, 0.717) is 6.42 Å². The first kappa shape index (κ1) is 14.1. The maximum absolute atomic E-state index is 11.9. The standard InChI is InChI=1S/C17H18O3/c1-4-16(17(18)20-5-2)14-7-6-13-11-15(19-3)9-8-12(13)10-14/h5-11,16H,2,4H2,1,3H3. The highest BCUT2D eigenvalue weighted by molar-refractivity contribution is 5.87. The molecule has 2 aromatic carbocycles. The summed E-state index contributed by atoms with van der Waals surface area (Å²) < 4.78 is 10.1. The highest BCUT2D eigenvalue weighted by Gasteiger charge is 2.19. The lowest BCUT2D eigenvalue weighted by Crippen LogP contribution is -2.12. The largest absolute Gasteiger partial charge is 0.497 e. The molecular formula is C17H18O3. The molecule has 1 atom stereocenters. The van der Waals surface area contributed by atoms with Crippen molar-refractivity contribution in [2.24, 2.45) is 0 Å². The van der Waals surface area contributed by atoms with Gasteiger partial charge in [0.15, 0.2) is 0 Å². The number of methoxy groups -OCH3 is 1. The Labute approximate surface area is 118 Å². The van der Waals surface area contributed by atoms with Crippen molar-refractivity contribution in [2.45, 2.75) is 19.3 Å². The molecule has 2 rings (SSSR count). The molecule has 3 nitrogen and oxygen atoms in total. The average molecular weight is 270 g/mol. The van der Waals surface area contributed by atoms with Gasteiger partial charge in [-0.2, -0.15) is 0 Å². The van der Waals surface area contributed by atoms with Crippen molar-refractivity contribution < 1.29 is 14.3 Å². The molecule has 0 aromatic heterocycles. The van der Waals surface area contributed by atoms with Gasteiger partial charge in [-0.15, -0.1) is 0 Å². The van der Waals surface area contributed by atoms with Crippen LogP contribution in [0.5, 0.6) is 5.75 Å². The van der Waals surface area contributed by atoms with E-state index in [0.717, 1.165) is 22.1 Å². The Hall–Kier alpha value is -2.29. The van der Waals surface area contributed by atoms with E-state index in [4.69, 9.17) is 9.47 Å². The van der Waals surface area contributed by atoms with E-state index in [1.165, 1.54) is 6.26 Å². The molecule has 3 heteroatoms. The number of hydrogen-bond acceptors (Lipinski definition) is 3. The number of hydrogen-bond donors (Lipinski definition) is 0. The van der Waals surface area contributed by atoms with Gasteiger partial charge in [0.05, 0.1) is 19.3 Å². The van der Waals surface area contributed by atoms with Crippen molar-refractivity contribution in [1.29, 1.82) is 0 Å². The van der Waals surface area contributed by atoms with Crippen molar-refractivity contribution in [2.75, 3.05) is 7.11 Å². The van der Waals surface area contributed by atoms with Gasteiger partial charge in [-0.1, -0.05) is 37.8 Å². The van der Waals surface area contributed by atoms with Gasteiger partial charge in [0.2, 0.25) is 0 Å². The number of ether oxygens (including phenoxy) is 2. The maximum atomic E-state index is 11.9. The number of fused-ring (bicyclic) bond motifs is 1. The van der Waals surface area contributed by atoms with Gasteiger partial charge in [-0.05, 0) is 34.9 Å². The molecule has 0 saturated carbocycles. The lowest BCUT2D eigenvalue weighted by molar-refractivity contribution is -0.139. The number of carbonyl (C=O) groups excluding carboxylic acids is 1. The number of carbonyl (C=O) groups is 1. The zero-order chi connectivity index (χ0) is 14.5. The van der Waals surface area contributed by atoms with Crippen LogP contribution in [0.3, 0.4) is 0 Å². The van der Waals surface area contributed by atoms with Crippen LogP contribution in [0.2, 0.25) is 0 Å². The molecule has 0 fully saturated rings. The van der Waals surface area contributed by atoms with Crippen LogP contribution in [0.1, 0.15) is 24.8 Å². The van der Waals surface area contributed by atoms with E-state index in [-0.39, 0.29) is 11.9 Å². The SMILES string of the molecule is C=COC(=O)C(CC)c1ccc2cc(OC)ccc2c1. The lowest BCUT2D eigenvalue weighted by Gasteiger charge is -2.13. The fraction of sp³-hybridized carbons (Fsp3) is 0.235. The Balaban J connectivity index is 2.39. The van der Waals surface area contributed by atoms with Gasteiger partial charge in [0, 0.05) is 0 Å². The lowest BCUT2D eigenvalue weighted by atomic mass is 9.94. The normalized spacial score (nSPS) is 11.9. The van der Waals surface area contributed by atoms with Crippen LogP contribution in [0, 0.1) is 0 Å². The predicted octanol–water partition coefficient (Wildman–Crippen LogP) is 4.03. The van der Waals surface area contributed by atoms with Gasteiger partial charge in [0.25, 0.3) is 0 Å². The molecule has 0 aliphatic heterocycles. The molecule has 0 radical (unpaired) electrons. The molecule has 0 saturated heterocycles. The first-order chi connectivity index (χ1) is 9.69. The molecule has 0 bridgehead atoms. The van der Waals surface area contributed by atoms with Crippen molar-refractivity contribution in [3.8, 4) is 5.75 Å². The second-order valence-corrected chi connectivity index (χ2v) is 4.54. The molecule has 2 aromatic rings. The summed E-state index contributed by atoms with van der Waals surface area (Å²) in [5.74, 6) is 0.290. The Morgan fingerprint density at radius 3 is 2.60 bits per heavy atom. The van der Waals surface area contributed by atoms with Crippen LogP contribution in [-0.4, -0.2) is 13.1 Å². The average Bonchev–Trinajstić information content (AvgIpc) is 2.47. The van der Waals surface area contributed by atoms with Gasteiger partial charge in [-0.25, -0.2) is 0 Å². The molecule has 0 aliphatic carbocycles. The van der Waals surface area contributed by atoms with E-state index in [1.54, 1.807) is 7.11 Å². The summed E-state index contributed by atoms with van der Waals surface area (Å²) in [6.07, 6.45) is 1.87. The highest BCUT2D eigenvalue weighted by Crippen LogP contribution is 2.27. The summed E-state index contributed by atoms with van der Waals surface area (Å²) in [4.78, 5) is 11.9. The van der Waals surface area contributed by atoms with E-state index >= 15 is 0 Å². The second-order valence-electron chi connectivity index (χ2n) is 4.54. The van der Waals surface area contributed by atoms with E-state index in [2.05, 4.69) is 6.58 Å². The smallest absolute Gasteiger partial charge is 0.318 e. The van der Waals surface area contributed by atoms with E-state index in [1.807, 2.05) is 43.3 Å². The zero-order valence-corrected chi connectivity index (χ0v) is 11.8. The van der Waals surface area contributed by atoms with Crippen molar-refractivity contribution in [3.63, 3.8) is 0 Å². The second kappa shape index (κ2) is 6.24. The Kier molecular flexibility index (Phi) is 4.41. The first-order valence-corrected chi connectivity index (χ1v) is 6.58. The fourth-order valence-corrected chi connectivity index (χ4v) is 2.29. The topological polar surface area (TPSA) is 35.5 Å². The van der Waals surface area contributed by atoms with Crippen LogP contribution in [0.15, 0.2) is 49.2 Å². The molecule has 0 heterocycles. The third kappa shape index (κ3) is 2.82. The van der Waals surface area contributed by atoms with Gasteiger partial charge in [0.1, 0.15) is 5.75 Å². The van der Waals surface area contributed by atoms with Crippen LogP contribution < -0.4 is 4.74 Å². The van der Waals surface area contributed by atoms with Crippen molar-refractivity contribution in [1.82, 2.24) is 0 Å². The summed E-state index contributed by atoms with van der Waals surface area (Å²) in [5.41, 5.74) is 0.956. The van der Waals surface area contributed by atoms with E-state index < -0.39 is 0 Å². The summed E-state index contributed by atoms with van der Waals surface area (Å²) in [6, 6.07) is 11.9. The number of rotatable bonds is 5. The van der Waals surface area contributed by atoms with Crippen LogP contribution in [0.25, 0.3) is 10.8 Å². The monoisotopic (exact) mass is 270 g/mol. The highest BCUT2D eigenvalue weighted by atomic mass is 16.5. The van der Waals surface area contributed by atoms with Crippen molar-refractivity contribution in [3.05, 3.63) is 54.8 Å². The molecule has 0 amide bonds. The summed E-state index contributed by atoms with van der Waals surface area (Å²) >= 11 is 0. The molecule has 0 spiro atoms. The zero-order valence-electron chi connectivity index (χ0n) is 11.8. The Bertz CT molecular complexity index is 631. The fourth-order valence-electron chi connectivity index (χ4n) is 2.29. The summed E-state index contributed by atoms with van der Waals surface area (Å²) in [7, 11) is 1.65. The Morgan fingerprint density at radius 1 is 1.25 bits per heavy atom. The summed E-state index contributed by atoms with van der Waals surface area (Å²) in [5, 5.41) is 2.16. The molecule has 0 N–H and O–H groups in total. The van der Waals surface area contributed by atoms with Gasteiger partial charge >= 0.3 is 5.97 Å². The van der Waals surface area contributed by atoms with Crippen molar-refractivity contribution >= 4 is 16.7 Å². The van der Waals surface area contributed by atoms with Gasteiger partial charge < -0.3 is 9.47 Å². The number of esters is 1. The number of benzene rings is 2. The third-order valence-corrected chi connectivity index (χ3v) is 3.37. The third-order valence-electron chi connectivity index (χ3n) is 3.37. The molecule has 1 unspecified atom stereocenters. The molecular weight excluding hydrogens is 252 g/mol.